The van der Waals surface area contributed by atoms with Gasteiger partial charge in [-0.25, -0.2) is 4.39 Å². The van der Waals surface area contributed by atoms with Gasteiger partial charge in [-0.05, 0) is 47.1 Å². The van der Waals surface area contributed by atoms with Gasteiger partial charge < -0.3 is 4.55 Å². The van der Waals surface area contributed by atoms with Crippen LogP contribution in [-0.4, -0.2) is 8.53 Å². The summed E-state index contributed by atoms with van der Waals surface area (Å²) in [5, 5.41) is 0.861. The van der Waals surface area contributed by atoms with E-state index >= 15 is 0 Å². The molecule has 102 valence electrons. The standard InChI is InChI=1S/C15H11BrFNOS/c1-10-14(17)13(16)9-11-7-8-18(15(10)11)20(19)12-5-3-2-4-6-12/h2-9H,1H3. The van der Waals surface area contributed by atoms with Gasteiger partial charge in [-0.15, -0.1) is 0 Å². The summed E-state index contributed by atoms with van der Waals surface area (Å²) in [6.07, 6.45) is 1.73. The number of hydrogen-bond acceptors (Lipinski definition) is 1. The van der Waals surface area contributed by atoms with E-state index < -0.39 is 11.4 Å². The molecule has 1 unspecified atom stereocenters. The third-order valence-corrected chi connectivity index (χ3v) is 5.10. The van der Waals surface area contributed by atoms with Gasteiger partial charge in [-0.3, -0.25) is 0 Å². The summed E-state index contributed by atoms with van der Waals surface area (Å²) in [5.74, 6) is -0.317. The molecule has 1 aromatic heterocycles. The van der Waals surface area contributed by atoms with Crippen LogP contribution in [0, 0.1) is 12.7 Å². The number of halogens is 2. The van der Waals surface area contributed by atoms with Crippen LogP contribution in [0.3, 0.4) is 0 Å². The fraction of sp³-hybridized carbons (Fsp3) is 0.0667. The third-order valence-electron chi connectivity index (χ3n) is 3.18. The zero-order chi connectivity index (χ0) is 14.3. The van der Waals surface area contributed by atoms with Crippen molar-refractivity contribution < 1.29 is 8.94 Å². The summed E-state index contributed by atoms with van der Waals surface area (Å²) >= 11 is 1.82. The lowest BCUT2D eigenvalue weighted by Gasteiger charge is -2.13. The monoisotopic (exact) mass is 351 g/mol. The molecule has 0 fully saturated rings. The molecular weight excluding hydrogens is 341 g/mol. The highest BCUT2D eigenvalue weighted by Gasteiger charge is 2.20. The Labute approximate surface area is 127 Å². The molecule has 0 radical (unpaired) electrons. The molecule has 1 heterocycles. The molecule has 0 bridgehead atoms. The van der Waals surface area contributed by atoms with E-state index in [1.54, 1.807) is 35.3 Å². The van der Waals surface area contributed by atoms with Crippen molar-refractivity contribution in [3.8, 4) is 0 Å². The lowest BCUT2D eigenvalue weighted by molar-refractivity contribution is 0.587. The lowest BCUT2D eigenvalue weighted by Crippen LogP contribution is -2.12. The Hall–Kier alpha value is -1.30. The summed E-state index contributed by atoms with van der Waals surface area (Å²) in [6.45, 7) is 1.70. The second-order valence-corrected chi connectivity index (χ2v) is 6.66. The van der Waals surface area contributed by atoms with Crippen LogP contribution < -0.4 is 0 Å². The Kier molecular flexibility index (Phi) is 3.58. The SMILES string of the molecule is Cc1c(F)c(Br)cc2ccn([S+]([O-])c3ccccc3)c12. The van der Waals surface area contributed by atoms with Gasteiger partial charge in [-0.1, -0.05) is 18.2 Å². The fourth-order valence-corrected chi connectivity index (χ4v) is 3.94. The first-order valence-corrected chi connectivity index (χ1v) is 7.92. The number of hydrogen-bond donors (Lipinski definition) is 0. The molecule has 0 spiro atoms. The van der Waals surface area contributed by atoms with Gasteiger partial charge in [0.05, 0.1) is 10.7 Å². The molecule has 0 aliphatic rings. The molecule has 0 aliphatic heterocycles. The minimum absolute atomic E-state index is 0.317. The molecule has 5 heteroatoms. The molecule has 0 aliphatic carbocycles. The van der Waals surface area contributed by atoms with Crippen LogP contribution in [-0.2, 0) is 11.4 Å². The predicted octanol–water partition coefficient (Wildman–Crippen LogP) is 4.42. The highest BCUT2D eigenvalue weighted by atomic mass is 79.9. The summed E-state index contributed by atoms with van der Waals surface area (Å²) in [4.78, 5) is 0.688. The summed E-state index contributed by atoms with van der Waals surface area (Å²) < 4.78 is 28.7. The predicted molar refractivity (Wildman–Crippen MR) is 82.6 cm³/mol. The van der Waals surface area contributed by atoms with Crippen molar-refractivity contribution in [2.24, 2.45) is 0 Å². The van der Waals surface area contributed by atoms with Crippen LogP contribution >= 0.6 is 15.9 Å². The van der Waals surface area contributed by atoms with Crippen LogP contribution in [0.25, 0.3) is 10.9 Å². The van der Waals surface area contributed by atoms with Gasteiger partial charge in [-0.2, -0.15) is 3.97 Å². The Morgan fingerprint density at radius 1 is 1.20 bits per heavy atom. The van der Waals surface area contributed by atoms with Crippen molar-refractivity contribution in [3.63, 3.8) is 0 Å². The Bertz CT molecular complexity index is 772. The van der Waals surface area contributed by atoms with Crippen molar-refractivity contribution in [1.29, 1.82) is 0 Å². The van der Waals surface area contributed by atoms with E-state index in [4.69, 9.17) is 0 Å². The minimum Gasteiger partial charge on any atom is -0.587 e. The van der Waals surface area contributed by atoms with Crippen LogP contribution in [0.5, 0.6) is 0 Å². The molecule has 0 saturated heterocycles. The number of benzene rings is 2. The largest absolute Gasteiger partial charge is 0.587 e. The normalized spacial score (nSPS) is 12.8. The number of aryl methyl sites for hydroxylation is 1. The first-order valence-electron chi connectivity index (χ1n) is 6.02. The van der Waals surface area contributed by atoms with Crippen molar-refractivity contribution in [2.75, 3.05) is 0 Å². The first kappa shape index (κ1) is 13.7. The molecular formula is C15H11BrFNOS. The van der Waals surface area contributed by atoms with Crippen LogP contribution in [0.4, 0.5) is 4.39 Å². The number of fused-ring (bicyclic) bond motifs is 1. The van der Waals surface area contributed by atoms with Gasteiger partial charge in [0.25, 0.3) is 0 Å². The summed E-state index contributed by atoms with van der Waals surface area (Å²) in [5.41, 5.74) is 1.15. The van der Waals surface area contributed by atoms with Gasteiger partial charge >= 0.3 is 0 Å². The van der Waals surface area contributed by atoms with E-state index in [1.165, 1.54) is 0 Å². The highest BCUT2D eigenvalue weighted by molar-refractivity contribution is 9.10. The second-order valence-electron chi connectivity index (χ2n) is 4.44. The Morgan fingerprint density at radius 2 is 1.90 bits per heavy atom. The fourth-order valence-electron chi connectivity index (χ4n) is 2.20. The van der Waals surface area contributed by atoms with Crippen LogP contribution in [0.1, 0.15) is 5.56 Å². The summed E-state index contributed by atoms with van der Waals surface area (Å²) in [7, 11) is 0. The number of aromatic nitrogens is 1. The average molecular weight is 352 g/mol. The molecule has 0 amide bonds. The van der Waals surface area contributed by atoms with E-state index in [0.29, 0.717) is 20.4 Å². The smallest absolute Gasteiger partial charge is 0.180 e. The molecule has 1 atom stereocenters. The summed E-state index contributed by atoms with van der Waals surface area (Å²) in [6, 6.07) is 12.7. The average Bonchev–Trinajstić information content (AvgIpc) is 2.88. The maximum Gasteiger partial charge on any atom is 0.180 e. The molecule has 20 heavy (non-hydrogen) atoms. The van der Waals surface area contributed by atoms with Gasteiger partial charge in [0.2, 0.25) is 0 Å². The molecule has 0 N–H and O–H groups in total. The Balaban J connectivity index is 2.20. The van der Waals surface area contributed by atoms with E-state index in [2.05, 4.69) is 15.9 Å². The van der Waals surface area contributed by atoms with Crippen LogP contribution in [0.15, 0.2) is 58.0 Å². The number of rotatable bonds is 2. The first-order chi connectivity index (χ1) is 9.59. The topological polar surface area (TPSA) is 28.0 Å². The second kappa shape index (κ2) is 5.24. The van der Waals surface area contributed by atoms with E-state index in [-0.39, 0.29) is 5.82 Å². The van der Waals surface area contributed by atoms with E-state index in [1.807, 2.05) is 24.3 Å². The minimum atomic E-state index is -1.38. The van der Waals surface area contributed by atoms with Crippen LogP contribution in [0.2, 0.25) is 0 Å². The van der Waals surface area contributed by atoms with E-state index in [9.17, 15) is 8.94 Å². The van der Waals surface area contributed by atoms with Crippen molar-refractivity contribution >= 4 is 38.2 Å². The van der Waals surface area contributed by atoms with Crippen molar-refractivity contribution in [2.45, 2.75) is 11.8 Å². The van der Waals surface area contributed by atoms with Gasteiger partial charge in [0.15, 0.2) is 4.90 Å². The van der Waals surface area contributed by atoms with E-state index in [0.717, 1.165) is 5.39 Å². The molecule has 2 aromatic carbocycles. The molecule has 3 rings (SSSR count). The van der Waals surface area contributed by atoms with Gasteiger partial charge in [0.1, 0.15) is 22.7 Å². The highest BCUT2D eigenvalue weighted by Crippen LogP contribution is 2.30. The quantitative estimate of drug-likeness (QED) is 0.628. The molecule has 3 aromatic rings. The third kappa shape index (κ3) is 2.16. The maximum atomic E-state index is 14.0. The Morgan fingerprint density at radius 3 is 2.60 bits per heavy atom. The lowest BCUT2D eigenvalue weighted by atomic mass is 10.1. The molecule has 0 saturated carbocycles. The zero-order valence-corrected chi connectivity index (χ0v) is 13.0. The number of nitrogens with zero attached hydrogens (tertiary/aromatic N) is 1. The van der Waals surface area contributed by atoms with Crippen molar-refractivity contribution in [3.05, 3.63) is 64.5 Å². The zero-order valence-electron chi connectivity index (χ0n) is 10.6. The van der Waals surface area contributed by atoms with Gasteiger partial charge in [0, 0.05) is 10.9 Å². The maximum absolute atomic E-state index is 14.0. The van der Waals surface area contributed by atoms with Crippen molar-refractivity contribution in [1.82, 2.24) is 3.97 Å². The molecule has 2 nitrogen and oxygen atoms in total.